The molecule has 0 bridgehead atoms. The van der Waals surface area contributed by atoms with E-state index >= 15 is 0 Å². The minimum Gasteiger partial charge on any atom is -0.389 e. The fourth-order valence-corrected chi connectivity index (χ4v) is 2.58. The number of halogens is 1. The lowest BCUT2D eigenvalue weighted by atomic mass is 10.3. The van der Waals surface area contributed by atoms with Crippen LogP contribution in [0.1, 0.15) is 11.8 Å². The molecule has 3 nitrogen and oxygen atoms in total. The van der Waals surface area contributed by atoms with Gasteiger partial charge in [0.1, 0.15) is 0 Å². The van der Waals surface area contributed by atoms with Crippen molar-refractivity contribution in [2.75, 3.05) is 19.8 Å². The van der Waals surface area contributed by atoms with Crippen LogP contribution in [0.2, 0.25) is 0 Å². The highest BCUT2D eigenvalue weighted by Crippen LogP contribution is 2.21. The topological polar surface area (TPSA) is 41.5 Å². The van der Waals surface area contributed by atoms with Crippen molar-refractivity contribution in [2.24, 2.45) is 0 Å². The number of thiophene rings is 1. The van der Waals surface area contributed by atoms with Crippen LogP contribution < -0.4 is 5.32 Å². The van der Waals surface area contributed by atoms with E-state index in [4.69, 9.17) is 4.74 Å². The number of aliphatic hydroxyl groups excluding tert-OH is 1. The molecule has 0 aliphatic rings. The molecule has 0 fully saturated rings. The fraction of sp³-hybridized carbons (Fsp3) is 0.600. The maximum atomic E-state index is 9.48. The number of aliphatic hydroxyl groups is 1. The molecule has 0 aromatic carbocycles. The molecule has 1 atom stereocenters. The van der Waals surface area contributed by atoms with Gasteiger partial charge in [-0.05, 0) is 34.3 Å². The molecule has 0 saturated carbocycles. The van der Waals surface area contributed by atoms with E-state index in [1.807, 2.05) is 18.4 Å². The first kappa shape index (κ1) is 13.1. The minimum atomic E-state index is -0.427. The molecule has 0 amide bonds. The van der Waals surface area contributed by atoms with Gasteiger partial charge >= 0.3 is 0 Å². The predicted octanol–water partition coefficient (Wildman–Crippen LogP) is 2.00. The Kier molecular flexibility index (Phi) is 6.43. The average Bonchev–Trinajstić information content (AvgIpc) is 2.61. The van der Waals surface area contributed by atoms with Gasteiger partial charge in [-0.15, -0.1) is 11.3 Å². The van der Waals surface area contributed by atoms with Gasteiger partial charge < -0.3 is 15.2 Å². The van der Waals surface area contributed by atoms with Crippen LogP contribution in [0.3, 0.4) is 0 Å². The first-order valence-corrected chi connectivity index (χ1v) is 6.59. The molecule has 1 unspecified atom stereocenters. The van der Waals surface area contributed by atoms with E-state index in [-0.39, 0.29) is 0 Å². The summed E-state index contributed by atoms with van der Waals surface area (Å²) < 4.78 is 6.23. The van der Waals surface area contributed by atoms with Gasteiger partial charge in [0, 0.05) is 29.0 Å². The van der Waals surface area contributed by atoms with Crippen LogP contribution in [-0.2, 0) is 11.3 Å². The van der Waals surface area contributed by atoms with Gasteiger partial charge in [-0.3, -0.25) is 0 Å². The monoisotopic (exact) mass is 293 g/mol. The third-order valence-corrected chi connectivity index (χ3v) is 3.80. The van der Waals surface area contributed by atoms with E-state index in [0.717, 1.165) is 11.0 Å². The van der Waals surface area contributed by atoms with Gasteiger partial charge in [0.15, 0.2) is 0 Å². The SMILES string of the molecule is CCOCC(O)CNCc1sccc1Br. The summed E-state index contributed by atoms with van der Waals surface area (Å²) in [4.78, 5) is 1.25. The number of rotatable bonds is 7. The van der Waals surface area contributed by atoms with Crippen LogP contribution in [-0.4, -0.2) is 31.0 Å². The third-order valence-electron chi connectivity index (χ3n) is 1.87. The van der Waals surface area contributed by atoms with Crippen molar-refractivity contribution >= 4 is 27.3 Å². The molecular weight excluding hydrogens is 278 g/mol. The summed E-state index contributed by atoms with van der Waals surface area (Å²) in [5, 5.41) is 14.7. The Bertz CT molecular complexity index is 280. The lowest BCUT2D eigenvalue weighted by molar-refractivity contribution is 0.0427. The maximum Gasteiger partial charge on any atom is 0.0897 e. The third kappa shape index (κ3) is 5.08. The zero-order valence-electron chi connectivity index (χ0n) is 8.70. The van der Waals surface area contributed by atoms with Crippen molar-refractivity contribution in [3.05, 3.63) is 20.8 Å². The van der Waals surface area contributed by atoms with Crippen LogP contribution >= 0.6 is 27.3 Å². The number of hydrogen-bond acceptors (Lipinski definition) is 4. The summed E-state index contributed by atoms with van der Waals surface area (Å²) >= 11 is 5.16. The number of nitrogens with one attached hydrogen (secondary N) is 1. The second kappa shape index (κ2) is 7.35. The predicted molar refractivity (Wildman–Crippen MR) is 66.2 cm³/mol. The summed E-state index contributed by atoms with van der Waals surface area (Å²) in [6, 6.07) is 2.03. The summed E-state index contributed by atoms with van der Waals surface area (Å²) in [5.74, 6) is 0. The van der Waals surface area contributed by atoms with Gasteiger partial charge in [0.25, 0.3) is 0 Å². The van der Waals surface area contributed by atoms with E-state index in [2.05, 4.69) is 21.2 Å². The lowest BCUT2D eigenvalue weighted by Gasteiger charge is -2.11. The molecule has 0 saturated heterocycles. The van der Waals surface area contributed by atoms with Crippen molar-refractivity contribution in [3.8, 4) is 0 Å². The molecule has 5 heteroatoms. The molecule has 1 heterocycles. The maximum absolute atomic E-state index is 9.48. The molecule has 0 aliphatic carbocycles. The average molecular weight is 294 g/mol. The lowest BCUT2D eigenvalue weighted by Crippen LogP contribution is -2.29. The Morgan fingerprint density at radius 3 is 3.07 bits per heavy atom. The molecule has 1 aromatic heterocycles. The van der Waals surface area contributed by atoms with Crippen molar-refractivity contribution in [1.29, 1.82) is 0 Å². The second-order valence-electron chi connectivity index (χ2n) is 3.14. The van der Waals surface area contributed by atoms with Crippen LogP contribution in [0.5, 0.6) is 0 Å². The van der Waals surface area contributed by atoms with Gasteiger partial charge in [0.05, 0.1) is 12.7 Å². The largest absolute Gasteiger partial charge is 0.389 e. The normalized spacial score (nSPS) is 13.0. The van der Waals surface area contributed by atoms with Crippen LogP contribution in [0.15, 0.2) is 15.9 Å². The molecule has 2 N–H and O–H groups in total. The summed E-state index contributed by atoms with van der Waals surface area (Å²) in [6.45, 7) is 4.30. The Balaban J connectivity index is 2.13. The highest BCUT2D eigenvalue weighted by Gasteiger charge is 2.04. The van der Waals surface area contributed by atoms with Crippen molar-refractivity contribution in [3.63, 3.8) is 0 Å². The van der Waals surface area contributed by atoms with E-state index in [1.165, 1.54) is 4.88 Å². The van der Waals surface area contributed by atoms with Gasteiger partial charge in [-0.1, -0.05) is 0 Å². The van der Waals surface area contributed by atoms with E-state index < -0.39 is 6.10 Å². The molecular formula is C10H16BrNO2S. The molecule has 86 valence electrons. The smallest absolute Gasteiger partial charge is 0.0897 e. The highest BCUT2D eigenvalue weighted by molar-refractivity contribution is 9.10. The van der Waals surface area contributed by atoms with Crippen molar-refractivity contribution in [1.82, 2.24) is 5.32 Å². The summed E-state index contributed by atoms with van der Waals surface area (Å²) in [6.07, 6.45) is -0.427. The van der Waals surface area contributed by atoms with Crippen LogP contribution in [0.25, 0.3) is 0 Å². The summed E-state index contributed by atoms with van der Waals surface area (Å²) in [5.41, 5.74) is 0. The number of hydrogen-bond donors (Lipinski definition) is 2. The van der Waals surface area contributed by atoms with Crippen LogP contribution in [0, 0.1) is 0 Å². The first-order chi connectivity index (χ1) is 7.24. The second-order valence-corrected chi connectivity index (χ2v) is 4.99. The molecule has 1 aromatic rings. The zero-order valence-corrected chi connectivity index (χ0v) is 11.1. The Labute approximate surface area is 103 Å². The standard InChI is InChI=1S/C10H16BrNO2S/c1-2-14-7-8(13)5-12-6-10-9(11)3-4-15-10/h3-4,8,12-13H,2,5-7H2,1H3. The van der Waals surface area contributed by atoms with E-state index in [0.29, 0.717) is 19.8 Å². The molecule has 0 aliphatic heterocycles. The molecule has 0 spiro atoms. The van der Waals surface area contributed by atoms with Crippen molar-refractivity contribution < 1.29 is 9.84 Å². The highest BCUT2D eigenvalue weighted by atomic mass is 79.9. The first-order valence-electron chi connectivity index (χ1n) is 4.92. The minimum absolute atomic E-state index is 0.398. The Morgan fingerprint density at radius 1 is 1.67 bits per heavy atom. The van der Waals surface area contributed by atoms with E-state index in [1.54, 1.807) is 11.3 Å². The molecule has 1 rings (SSSR count). The molecule has 15 heavy (non-hydrogen) atoms. The van der Waals surface area contributed by atoms with Crippen LogP contribution in [0.4, 0.5) is 0 Å². The summed E-state index contributed by atoms with van der Waals surface area (Å²) in [7, 11) is 0. The fourth-order valence-electron chi connectivity index (χ4n) is 1.12. The Morgan fingerprint density at radius 2 is 2.47 bits per heavy atom. The quantitative estimate of drug-likeness (QED) is 0.808. The number of ether oxygens (including phenoxy) is 1. The van der Waals surface area contributed by atoms with E-state index in [9.17, 15) is 5.11 Å². The van der Waals surface area contributed by atoms with Gasteiger partial charge in [-0.2, -0.15) is 0 Å². The molecule has 0 radical (unpaired) electrons. The van der Waals surface area contributed by atoms with Crippen molar-refractivity contribution in [2.45, 2.75) is 19.6 Å². The Hall–Kier alpha value is 0.0600. The van der Waals surface area contributed by atoms with Gasteiger partial charge in [-0.25, -0.2) is 0 Å². The van der Waals surface area contributed by atoms with Gasteiger partial charge in [0.2, 0.25) is 0 Å². The zero-order chi connectivity index (χ0) is 11.1.